The molecule has 0 aliphatic rings. The number of benzene rings is 2. The molecular formula is C18H16O4. The van der Waals surface area contributed by atoms with Crippen LogP contribution in [0.15, 0.2) is 47.9 Å². The van der Waals surface area contributed by atoms with Gasteiger partial charge in [-0.1, -0.05) is 11.5 Å². The van der Waals surface area contributed by atoms with Crippen LogP contribution < -0.4 is 9.47 Å². The van der Waals surface area contributed by atoms with Crippen molar-refractivity contribution in [3.63, 3.8) is 0 Å². The van der Waals surface area contributed by atoms with Gasteiger partial charge in [-0.3, -0.25) is 0 Å². The molecule has 0 unspecified atom stereocenters. The summed E-state index contributed by atoms with van der Waals surface area (Å²) in [6.07, 6.45) is 3.15. The molecule has 0 saturated heterocycles. The van der Waals surface area contributed by atoms with Crippen molar-refractivity contribution in [3.05, 3.63) is 59.0 Å². The normalized spacial score (nSPS) is 9.36. The van der Waals surface area contributed by atoms with Gasteiger partial charge < -0.3 is 19.7 Å². The second-order valence-electron chi connectivity index (χ2n) is 4.43. The predicted octanol–water partition coefficient (Wildman–Crippen LogP) is 3.60. The first-order valence-electron chi connectivity index (χ1n) is 6.55. The highest BCUT2D eigenvalue weighted by Crippen LogP contribution is 2.24. The molecule has 0 fully saturated rings. The highest BCUT2D eigenvalue weighted by molar-refractivity contribution is 5.61. The molecule has 22 heavy (non-hydrogen) atoms. The Bertz CT molecular complexity index is 699. The minimum atomic E-state index is 0.124. The molecule has 0 heterocycles. The maximum atomic E-state index is 9.74. The van der Waals surface area contributed by atoms with Crippen LogP contribution >= 0.6 is 0 Å². The fourth-order valence-electron chi connectivity index (χ4n) is 1.79. The highest BCUT2D eigenvalue weighted by Gasteiger charge is 2.00. The van der Waals surface area contributed by atoms with Crippen molar-refractivity contribution in [3.8, 4) is 23.0 Å². The van der Waals surface area contributed by atoms with Crippen molar-refractivity contribution in [1.29, 1.82) is 0 Å². The molecule has 0 radical (unpaired) electrons. The molecule has 0 aliphatic heterocycles. The van der Waals surface area contributed by atoms with E-state index in [0.29, 0.717) is 22.6 Å². The number of methoxy groups -OCH3 is 2. The zero-order valence-electron chi connectivity index (χ0n) is 12.3. The summed E-state index contributed by atoms with van der Waals surface area (Å²) in [7, 11) is 3.11. The van der Waals surface area contributed by atoms with Crippen LogP contribution in [-0.2, 0) is 0 Å². The Hall–Kier alpha value is -3.06. The summed E-state index contributed by atoms with van der Waals surface area (Å²) in [5.74, 6) is 1.53. The zero-order valence-corrected chi connectivity index (χ0v) is 12.3. The number of ether oxygens (including phenoxy) is 2. The molecule has 2 N–H and O–H groups in total. The van der Waals surface area contributed by atoms with E-state index in [1.807, 2.05) is 0 Å². The van der Waals surface area contributed by atoms with E-state index >= 15 is 0 Å². The van der Waals surface area contributed by atoms with Gasteiger partial charge in [0, 0.05) is 11.1 Å². The summed E-state index contributed by atoms with van der Waals surface area (Å²) < 4.78 is 10.2. The van der Waals surface area contributed by atoms with Crippen molar-refractivity contribution in [2.24, 2.45) is 0 Å². The maximum Gasteiger partial charge on any atom is 0.123 e. The van der Waals surface area contributed by atoms with E-state index in [4.69, 9.17) is 9.47 Å². The van der Waals surface area contributed by atoms with Gasteiger partial charge in [0.1, 0.15) is 23.0 Å². The molecule has 4 nitrogen and oxygen atoms in total. The monoisotopic (exact) mass is 296 g/mol. The summed E-state index contributed by atoms with van der Waals surface area (Å²) in [6, 6.07) is 9.80. The van der Waals surface area contributed by atoms with Crippen molar-refractivity contribution in [2.45, 2.75) is 0 Å². The molecule has 0 bridgehead atoms. The number of hydrogen-bond acceptors (Lipinski definition) is 4. The minimum absolute atomic E-state index is 0.124. The second-order valence-corrected chi connectivity index (χ2v) is 4.43. The van der Waals surface area contributed by atoms with Gasteiger partial charge in [0.15, 0.2) is 0 Å². The SMILES string of the molecule is COc1ccc(O)c(C=C=C=Cc2cc(OC)ccc2O)c1. The summed E-state index contributed by atoms with van der Waals surface area (Å²) in [5.41, 5.74) is 6.75. The standard InChI is InChI=1S/C18H16O4/c1-21-15-7-9-17(19)13(11-15)5-3-4-6-14-12-16(22-2)8-10-18(14)20/h5-12,19-20H,1-2H3. The topological polar surface area (TPSA) is 58.9 Å². The molecule has 4 heteroatoms. The van der Waals surface area contributed by atoms with E-state index in [1.54, 1.807) is 62.8 Å². The van der Waals surface area contributed by atoms with Gasteiger partial charge in [-0.15, -0.1) is 0 Å². The molecule has 0 amide bonds. The molecule has 112 valence electrons. The Morgan fingerprint density at radius 3 is 1.55 bits per heavy atom. The van der Waals surface area contributed by atoms with Gasteiger partial charge in [0.05, 0.1) is 14.2 Å². The van der Waals surface area contributed by atoms with E-state index < -0.39 is 0 Å². The largest absolute Gasteiger partial charge is 0.507 e. The van der Waals surface area contributed by atoms with Gasteiger partial charge in [0.25, 0.3) is 0 Å². The van der Waals surface area contributed by atoms with E-state index in [1.165, 1.54) is 0 Å². The fraction of sp³-hybridized carbons (Fsp3) is 0.111. The first-order chi connectivity index (χ1) is 10.6. The van der Waals surface area contributed by atoms with Crippen LogP contribution in [0.25, 0.3) is 12.2 Å². The van der Waals surface area contributed by atoms with Crippen LogP contribution in [0.3, 0.4) is 0 Å². The van der Waals surface area contributed by atoms with Crippen LogP contribution in [0.5, 0.6) is 23.0 Å². The minimum Gasteiger partial charge on any atom is -0.507 e. The molecular weight excluding hydrogens is 280 g/mol. The van der Waals surface area contributed by atoms with E-state index in [9.17, 15) is 10.2 Å². The van der Waals surface area contributed by atoms with Crippen molar-refractivity contribution >= 4 is 12.2 Å². The molecule has 2 aromatic carbocycles. The number of phenols is 2. The van der Waals surface area contributed by atoms with Crippen molar-refractivity contribution in [2.75, 3.05) is 14.2 Å². The lowest BCUT2D eigenvalue weighted by Gasteiger charge is -2.02. The number of rotatable bonds is 4. The summed E-state index contributed by atoms with van der Waals surface area (Å²) in [6.45, 7) is 0. The van der Waals surface area contributed by atoms with Crippen LogP contribution in [-0.4, -0.2) is 24.4 Å². The molecule has 2 aromatic rings. The second kappa shape index (κ2) is 7.09. The van der Waals surface area contributed by atoms with Crippen molar-refractivity contribution < 1.29 is 19.7 Å². The zero-order chi connectivity index (χ0) is 15.9. The quantitative estimate of drug-likeness (QED) is 0.846. The van der Waals surface area contributed by atoms with Gasteiger partial charge in [-0.05, 0) is 48.6 Å². The van der Waals surface area contributed by atoms with Gasteiger partial charge in [-0.25, -0.2) is 0 Å². The molecule has 0 aromatic heterocycles. The van der Waals surface area contributed by atoms with Crippen LogP contribution in [0.4, 0.5) is 0 Å². The number of aromatic hydroxyl groups is 2. The maximum absolute atomic E-state index is 9.74. The third kappa shape index (κ3) is 3.74. The van der Waals surface area contributed by atoms with Crippen molar-refractivity contribution in [1.82, 2.24) is 0 Å². The summed E-state index contributed by atoms with van der Waals surface area (Å²) in [4.78, 5) is 0. The van der Waals surface area contributed by atoms with Gasteiger partial charge >= 0.3 is 0 Å². The Morgan fingerprint density at radius 2 is 1.18 bits per heavy atom. The Kier molecular flexibility index (Phi) is 4.94. The number of phenolic OH excluding ortho intramolecular Hbond substituents is 2. The Morgan fingerprint density at radius 1 is 0.773 bits per heavy atom. The van der Waals surface area contributed by atoms with Gasteiger partial charge in [-0.2, -0.15) is 0 Å². The molecule has 2 rings (SSSR count). The molecule has 0 atom stereocenters. The third-order valence-electron chi connectivity index (χ3n) is 3.01. The molecule has 0 spiro atoms. The average molecular weight is 296 g/mol. The van der Waals surface area contributed by atoms with Crippen LogP contribution in [0.2, 0.25) is 0 Å². The van der Waals surface area contributed by atoms with Crippen LogP contribution in [0.1, 0.15) is 11.1 Å². The summed E-state index contributed by atoms with van der Waals surface area (Å²) >= 11 is 0. The predicted molar refractivity (Wildman–Crippen MR) is 85.3 cm³/mol. The fourth-order valence-corrected chi connectivity index (χ4v) is 1.79. The first-order valence-corrected chi connectivity index (χ1v) is 6.55. The first kappa shape index (κ1) is 15.3. The van der Waals surface area contributed by atoms with E-state index in [-0.39, 0.29) is 11.5 Å². The third-order valence-corrected chi connectivity index (χ3v) is 3.01. The number of hydrogen-bond donors (Lipinski definition) is 2. The van der Waals surface area contributed by atoms with E-state index in [0.717, 1.165) is 0 Å². The molecule has 0 aliphatic carbocycles. The van der Waals surface area contributed by atoms with Crippen LogP contribution in [0, 0.1) is 0 Å². The van der Waals surface area contributed by atoms with Gasteiger partial charge in [0.2, 0.25) is 0 Å². The smallest absolute Gasteiger partial charge is 0.123 e. The summed E-state index contributed by atoms with van der Waals surface area (Å²) in [5, 5.41) is 19.5. The lowest BCUT2D eigenvalue weighted by molar-refractivity contribution is 0.412. The Labute approximate surface area is 128 Å². The highest BCUT2D eigenvalue weighted by atomic mass is 16.5. The lowest BCUT2D eigenvalue weighted by atomic mass is 10.1. The van der Waals surface area contributed by atoms with E-state index in [2.05, 4.69) is 11.5 Å². The average Bonchev–Trinajstić information content (AvgIpc) is 2.54. The lowest BCUT2D eigenvalue weighted by Crippen LogP contribution is -1.83. The Balaban J connectivity index is 2.31. The molecule has 0 saturated carbocycles.